The lowest BCUT2D eigenvalue weighted by Crippen LogP contribution is -1.98. The molecule has 1 saturated carbocycles. The van der Waals surface area contributed by atoms with Gasteiger partial charge in [-0.2, -0.15) is 0 Å². The molecule has 3 rings (SSSR count). The number of carbonyl (C=O) groups is 1. The number of aryl methyl sites for hydroxylation is 1. The van der Waals surface area contributed by atoms with Crippen LogP contribution in [-0.2, 0) is 6.42 Å². The van der Waals surface area contributed by atoms with Gasteiger partial charge in [-0.3, -0.25) is 0 Å². The van der Waals surface area contributed by atoms with Crippen molar-refractivity contribution in [2.24, 2.45) is 0 Å². The first-order chi connectivity index (χ1) is 9.20. The number of oxazole rings is 1. The third kappa shape index (κ3) is 2.14. The van der Waals surface area contributed by atoms with Gasteiger partial charge in [-0.25, -0.2) is 9.78 Å². The summed E-state index contributed by atoms with van der Waals surface area (Å²) in [5, 5.41) is 9.20. The number of benzene rings is 1. The van der Waals surface area contributed by atoms with E-state index in [-0.39, 0.29) is 11.7 Å². The zero-order chi connectivity index (χ0) is 13.4. The molecule has 0 saturated heterocycles. The van der Waals surface area contributed by atoms with Gasteiger partial charge in [0.2, 0.25) is 11.7 Å². The van der Waals surface area contributed by atoms with E-state index < -0.39 is 5.97 Å². The van der Waals surface area contributed by atoms with Crippen LogP contribution < -0.4 is 0 Å². The zero-order valence-corrected chi connectivity index (χ0v) is 10.7. The van der Waals surface area contributed by atoms with E-state index in [0.717, 1.165) is 30.4 Å². The number of hydrogen-bond acceptors (Lipinski definition) is 3. The van der Waals surface area contributed by atoms with Crippen LogP contribution in [-0.4, -0.2) is 16.1 Å². The molecule has 0 amide bonds. The molecule has 19 heavy (non-hydrogen) atoms. The molecule has 0 atom stereocenters. The molecule has 0 radical (unpaired) electrons. The quantitative estimate of drug-likeness (QED) is 0.910. The van der Waals surface area contributed by atoms with E-state index in [9.17, 15) is 9.90 Å². The Hall–Kier alpha value is -2.10. The van der Waals surface area contributed by atoms with Gasteiger partial charge in [0.05, 0.1) is 5.69 Å². The minimum Gasteiger partial charge on any atom is -0.475 e. The Morgan fingerprint density at radius 2 is 2.16 bits per heavy atom. The summed E-state index contributed by atoms with van der Waals surface area (Å²) in [4.78, 5) is 15.6. The molecule has 0 aliphatic heterocycles. The van der Waals surface area contributed by atoms with E-state index >= 15 is 0 Å². The van der Waals surface area contributed by atoms with E-state index in [0.29, 0.717) is 11.6 Å². The zero-order valence-electron chi connectivity index (χ0n) is 10.7. The standard InChI is InChI=1S/C15H15NO3/c1-2-9-5-3-4-6-11(9)14-16-12(10-7-8-10)13(19-14)15(17)18/h3-6,10H,2,7-8H2,1H3,(H,17,18). The molecule has 2 aromatic rings. The number of carboxylic acid groups (broad SMARTS) is 1. The molecule has 0 unspecified atom stereocenters. The Kier molecular flexibility index (Phi) is 2.85. The van der Waals surface area contributed by atoms with Crippen molar-refractivity contribution >= 4 is 5.97 Å². The van der Waals surface area contributed by atoms with Gasteiger partial charge < -0.3 is 9.52 Å². The van der Waals surface area contributed by atoms with Gasteiger partial charge in [-0.05, 0) is 30.9 Å². The fourth-order valence-corrected chi connectivity index (χ4v) is 2.27. The molecule has 1 heterocycles. The van der Waals surface area contributed by atoms with Crippen LogP contribution in [0.4, 0.5) is 0 Å². The highest BCUT2D eigenvalue weighted by Crippen LogP contribution is 2.42. The predicted octanol–water partition coefficient (Wildman–Crippen LogP) is 3.48. The lowest BCUT2D eigenvalue weighted by molar-refractivity contribution is 0.0661. The first-order valence-corrected chi connectivity index (χ1v) is 6.53. The second kappa shape index (κ2) is 4.53. The second-order valence-corrected chi connectivity index (χ2v) is 4.82. The van der Waals surface area contributed by atoms with Crippen molar-refractivity contribution in [3.8, 4) is 11.5 Å². The molecular formula is C15H15NO3. The van der Waals surface area contributed by atoms with Crippen molar-refractivity contribution < 1.29 is 14.3 Å². The summed E-state index contributed by atoms with van der Waals surface area (Å²) in [5.74, 6) is -0.341. The Labute approximate surface area is 111 Å². The van der Waals surface area contributed by atoms with Gasteiger partial charge in [0.25, 0.3) is 0 Å². The van der Waals surface area contributed by atoms with Crippen LogP contribution >= 0.6 is 0 Å². The average Bonchev–Trinajstić information content (AvgIpc) is 3.17. The SMILES string of the molecule is CCc1ccccc1-c1nc(C2CC2)c(C(=O)O)o1. The van der Waals surface area contributed by atoms with Crippen LogP contribution in [0.1, 0.15) is 47.5 Å². The molecule has 1 aliphatic carbocycles. The maximum atomic E-state index is 11.2. The third-order valence-electron chi connectivity index (χ3n) is 3.44. The molecule has 4 heteroatoms. The first kappa shape index (κ1) is 12.0. The van der Waals surface area contributed by atoms with Gasteiger partial charge in [0.15, 0.2) is 0 Å². The molecule has 0 spiro atoms. The molecule has 1 aromatic carbocycles. The fraction of sp³-hybridized carbons (Fsp3) is 0.333. The summed E-state index contributed by atoms with van der Waals surface area (Å²) in [7, 11) is 0. The average molecular weight is 257 g/mol. The van der Waals surface area contributed by atoms with Crippen LogP contribution in [0.2, 0.25) is 0 Å². The Bertz CT molecular complexity index is 626. The monoisotopic (exact) mass is 257 g/mol. The lowest BCUT2D eigenvalue weighted by atomic mass is 10.1. The van der Waals surface area contributed by atoms with E-state index in [2.05, 4.69) is 11.9 Å². The predicted molar refractivity (Wildman–Crippen MR) is 70.3 cm³/mol. The van der Waals surface area contributed by atoms with Crippen molar-refractivity contribution in [1.82, 2.24) is 4.98 Å². The van der Waals surface area contributed by atoms with Crippen molar-refractivity contribution in [1.29, 1.82) is 0 Å². The summed E-state index contributed by atoms with van der Waals surface area (Å²) in [5.41, 5.74) is 2.61. The smallest absolute Gasteiger partial charge is 0.373 e. The van der Waals surface area contributed by atoms with Crippen molar-refractivity contribution in [3.05, 3.63) is 41.3 Å². The van der Waals surface area contributed by atoms with Gasteiger partial charge in [0.1, 0.15) is 0 Å². The van der Waals surface area contributed by atoms with Crippen LogP contribution in [0.25, 0.3) is 11.5 Å². The highest BCUT2D eigenvalue weighted by molar-refractivity contribution is 5.86. The summed E-state index contributed by atoms with van der Waals surface area (Å²) in [6.45, 7) is 2.06. The molecular weight excluding hydrogens is 242 g/mol. The van der Waals surface area contributed by atoms with E-state index in [4.69, 9.17) is 4.42 Å². The second-order valence-electron chi connectivity index (χ2n) is 4.82. The normalized spacial score (nSPS) is 14.6. The minimum absolute atomic E-state index is 0.00315. The highest BCUT2D eigenvalue weighted by atomic mass is 16.4. The molecule has 1 N–H and O–H groups in total. The number of aromatic carboxylic acids is 1. The first-order valence-electron chi connectivity index (χ1n) is 6.53. The minimum atomic E-state index is -1.03. The van der Waals surface area contributed by atoms with Crippen molar-refractivity contribution in [2.45, 2.75) is 32.1 Å². The number of carboxylic acids is 1. The molecule has 1 aliphatic rings. The maximum absolute atomic E-state index is 11.2. The summed E-state index contributed by atoms with van der Waals surface area (Å²) >= 11 is 0. The number of rotatable bonds is 4. The number of aromatic nitrogens is 1. The fourth-order valence-electron chi connectivity index (χ4n) is 2.27. The largest absolute Gasteiger partial charge is 0.475 e. The summed E-state index contributed by atoms with van der Waals surface area (Å²) in [6, 6.07) is 7.81. The highest BCUT2D eigenvalue weighted by Gasteiger charge is 2.33. The molecule has 1 fully saturated rings. The lowest BCUT2D eigenvalue weighted by Gasteiger charge is -2.02. The summed E-state index contributed by atoms with van der Waals surface area (Å²) in [6.07, 6.45) is 2.86. The van der Waals surface area contributed by atoms with Crippen LogP contribution in [0.15, 0.2) is 28.7 Å². The van der Waals surface area contributed by atoms with Crippen LogP contribution in [0.5, 0.6) is 0 Å². The van der Waals surface area contributed by atoms with Gasteiger partial charge in [-0.15, -0.1) is 0 Å². The van der Waals surface area contributed by atoms with E-state index in [1.807, 2.05) is 24.3 Å². The van der Waals surface area contributed by atoms with E-state index in [1.165, 1.54) is 0 Å². The molecule has 1 aromatic heterocycles. The van der Waals surface area contributed by atoms with Gasteiger partial charge in [-0.1, -0.05) is 25.1 Å². The Balaban J connectivity index is 2.10. The number of nitrogens with zero attached hydrogens (tertiary/aromatic N) is 1. The Morgan fingerprint density at radius 3 is 2.79 bits per heavy atom. The maximum Gasteiger partial charge on any atom is 0.373 e. The molecule has 98 valence electrons. The van der Waals surface area contributed by atoms with Crippen molar-refractivity contribution in [3.63, 3.8) is 0 Å². The molecule has 0 bridgehead atoms. The van der Waals surface area contributed by atoms with Gasteiger partial charge >= 0.3 is 5.97 Å². The van der Waals surface area contributed by atoms with Gasteiger partial charge in [0, 0.05) is 11.5 Å². The topological polar surface area (TPSA) is 63.3 Å². The molecule has 4 nitrogen and oxygen atoms in total. The van der Waals surface area contributed by atoms with Crippen LogP contribution in [0, 0.1) is 0 Å². The number of hydrogen-bond donors (Lipinski definition) is 1. The van der Waals surface area contributed by atoms with Crippen LogP contribution in [0.3, 0.4) is 0 Å². The summed E-state index contributed by atoms with van der Waals surface area (Å²) < 4.78 is 5.50. The Morgan fingerprint density at radius 1 is 1.42 bits per heavy atom. The van der Waals surface area contributed by atoms with E-state index in [1.54, 1.807) is 0 Å². The third-order valence-corrected chi connectivity index (χ3v) is 3.44. The van der Waals surface area contributed by atoms with Crippen molar-refractivity contribution in [2.75, 3.05) is 0 Å².